The van der Waals surface area contributed by atoms with E-state index in [1.165, 1.54) is 4.90 Å². The van der Waals surface area contributed by atoms with Gasteiger partial charge in [-0.05, 0) is 26.3 Å². The van der Waals surface area contributed by atoms with Gasteiger partial charge in [0.2, 0.25) is 11.8 Å². The van der Waals surface area contributed by atoms with Crippen molar-refractivity contribution in [3.05, 3.63) is 24.0 Å². The number of hydrogen-bond donors (Lipinski definition) is 1. The van der Waals surface area contributed by atoms with Crippen molar-refractivity contribution in [1.29, 1.82) is 0 Å². The first-order valence-corrected chi connectivity index (χ1v) is 8.06. The zero-order valence-corrected chi connectivity index (χ0v) is 14.6. The SMILES string of the molecule is C=C(C)C(=O)N(C)C[C@]1(C)C(OCC(F)(F)F)=CC2CCC(=O)NC21. The molecule has 5 nitrogen and oxygen atoms in total. The van der Waals surface area contributed by atoms with Crippen molar-refractivity contribution in [2.45, 2.75) is 38.9 Å². The van der Waals surface area contributed by atoms with Crippen LogP contribution in [0.15, 0.2) is 24.0 Å². The summed E-state index contributed by atoms with van der Waals surface area (Å²) in [4.78, 5) is 25.3. The van der Waals surface area contributed by atoms with Crippen molar-refractivity contribution in [2.75, 3.05) is 20.2 Å². The van der Waals surface area contributed by atoms with Crippen LogP contribution in [0.25, 0.3) is 0 Å². The fraction of sp³-hybridized carbons (Fsp3) is 0.647. The Bertz CT molecular complexity index is 615. The number of carbonyl (C=O) groups is 2. The van der Waals surface area contributed by atoms with Gasteiger partial charge in [0.1, 0.15) is 5.76 Å². The molecular weight excluding hydrogens is 337 g/mol. The van der Waals surface area contributed by atoms with Crippen molar-refractivity contribution < 1.29 is 27.5 Å². The molecule has 0 bridgehead atoms. The first kappa shape index (κ1) is 19.3. The Kier molecular flexibility index (Phi) is 5.20. The average Bonchev–Trinajstić information content (AvgIpc) is 2.76. The molecule has 0 aromatic carbocycles. The van der Waals surface area contributed by atoms with Crippen molar-refractivity contribution in [1.82, 2.24) is 10.2 Å². The summed E-state index contributed by atoms with van der Waals surface area (Å²) in [6, 6.07) is -0.405. The molecule has 2 amide bonds. The van der Waals surface area contributed by atoms with Gasteiger partial charge in [-0.25, -0.2) is 0 Å². The number of likely N-dealkylation sites (N-methyl/N-ethyl adjacent to an activating group) is 1. The maximum Gasteiger partial charge on any atom is 0.422 e. The smallest absolute Gasteiger partial charge is 0.422 e. The lowest BCUT2D eigenvalue weighted by molar-refractivity contribution is -0.169. The summed E-state index contributed by atoms with van der Waals surface area (Å²) < 4.78 is 42.9. The van der Waals surface area contributed by atoms with Gasteiger partial charge in [0, 0.05) is 37.5 Å². The van der Waals surface area contributed by atoms with E-state index >= 15 is 0 Å². The minimum Gasteiger partial charge on any atom is -0.488 e. The highest BCUT2D eigenvalue weighted by atomic mass is 19.4. The van der Waals surface area contributed by atoms with Gasteiger partial charge in [-0.3, -0.25) is 9.59 Å². The fourth-order valence-electron chi connectivity index (χ4n) is 3.61. The van der Waals surface area contributed by atoms with Gasteiger partial charge >= 0.3 is 6.18 Å². The Hall–Kier alpha value is -1.99. The minimum atomic E-state index is -4.46. The molecule has 0 spiro atoms. The zero-order chi connectivity index (χ0) is 19.0. The molecule has 1 fully saturated rings. The lowest BCUT2D eigenvalue weighted by Crippen LogP contribution is -2.55. The largest absolute Gasteiger partial charge is 0.488 e. The van der Waals surface area contributed by atoms with Gasteiger partial charge in [0.15, 0.2) is 6.61 Å². The quantitative estimate of drug-likeness (QED) is 0.766. The summed E-state index contributed by atoms with van der Waals surface area (Å²) >= 11 is 0. The van der Waals surface area contributed by atoms with E-state index in [0.717, 1.165) is 0 Å². The molecule has 0 radical (unpaired) electrons. The summed E-state index contributed by atoms with van der Waals surface area (Å²) in [7, 11) is 1.56. The Balaban J connectivity index is 2.26. The highest BCUT2D eigenvalue weighted by Crippen LogP contribution is 2.46. The van der Waals surface area contributed by atoms with Gasteiger partial charge < -0.3 is 15.0 Å². The van der Waals surface area contributed by atoms with E-state index in [1.807, 2.05) is 0 Å². The maximum atomic E-state index is 12.6. The van der Waals surface area contributed by atoms with Gasteiger partial charge in [0.25, 0.3) is 0 Å². The number of nitrogens with zero attached hydrogens (tertiary/aromatic N) is 1. The molecule has 2 rings (SSSR count). The number of halogens is 3. The number of rotatable bonds is 5. The van der Waals surface area contributed by atoms with Crippen LogP contribution in [0.2, 0.25) is 0 Å². The maximum absolute atomic E-state index is 12.6. The number of ether oxygens (including phenoxy) is 1. The Labute approximate surface area is 144 Å². The molecule has 0 aromatic rings. The fourth-order valence-corrected chi connectivity index (χ4v) is 3.61. The molecule has 1 aliphatic carbocycles. The number of nitrogens with one attached hydrogen (secondary N) is 1. The monoisotopic (exact) mass is 360 g/mol. The Morgan fingerprint density at radius 3 is 2.72 bits per heavy atom. The molecule has 2 aliphatic rings. The predicted octanol–water partition coefficient (Wildman–Crippen LogP) is 2.40. The van der Waals surface area contributed by atoms with E-state index in [-0.39, 0.29) is 30.0 Å². The average molecular weight is 360 g/mol. The van der Waals surface area contributed by atoms with E-state index in [0.29, 0.717) is 18.4 Å². The number of hydrogen-bond acceptors (Lipinski definition) is 3. The standard InChI is InChI=1S/C17H23F3N2O3/c1-10(2)15(24)22(4)8-16(3)12(25-9-17(18,19)20)7-11-5-6-13(23)21-14(11)16/h7,11,14H,1,5-6,8-9H2,2-4H3,(H,21,23)/t11?,14?,16-/m1/s1. The van der Waals surface area contributed by atoms with Crippen LogP contribution in [0.3, 0.4) is 0 Å². The predicted molar refractivity (Wildman–Crippen MR) is 85.3 cm³/mol. The van der Waals surface area contributed by atoms with Gasteiger partial charge in [-0.15, -0.1) is 0 Å². The molecule has 2 unspecified atom stereocenters. The lowest BCUT2D eigenvalue weighted by atomic mass is 9.77. The molecule has 3 atom stereocenters. The normalized spacial score (nSPS) is 28.7. The first-order chi connectivity index (χ1) is 11.4. The van der Waals surface area contributed by atoms with E-state index in [2.05, 4.69) is 11.9 Å². The second kappa shape index (κ2) is 6.72. The molecule has 25 heavy (non-hydrogen) atoms. The van der Waals surface area contributed by atoms with E-state index in [1.54, 1.807) is 27.0 Å². The third-order valence-electron chi connectivity index (χ3n) is 4.73. The van der Waals surface area contributed by atoms with Crippen molar-refractivity contribution in [3.8, 4) is 0 Å². The number of alkyl halides is 3. The van der Waals surface area contributed by atoms with Crippen LogP contribution < -0.4 is 5.32 Å². The number of fused-ring (bicyclic) bond motifs is 1. The summed E-state index contributed by atoms with van der Waals surface area (Å²) in [5, 5.41) is 2.86. The number of carbonyl (C=O) groups excluding carboxylic acids is 2. The molecule has 140 valence electrons. The van der Waals surface area contributed by atoms with Crippen LogP contribution >= 0.6 is 0 Å². The summed E-state index contributed by atoms with van der Waals surface area (Å²) in [5.74, 6) is -0.392. The van der Waals surface area contributed by atoms with Crippen LogP contribution in [-0.4, -0.2) is 49.1 Å². The number of amides is 2. The van der Waals surface area contributed by atoms with Crippen LogP contribution in [0.4, 0.5) is 13.2 Å². The molecular formula is C17H23F3N2O3. The molecule has 0 saturated carbocycles. The molecule has 8 heteroatoms. The van der Waals surface area contributed by atoms with Gasteiger partial charge in [0.05, 0.1) is 5.41 Å². The van der Waals surface area contributed by atoms with E-state index in [9.17, 15) is 22.8 Å². The Morgan fingerprint density at radius 2 is 2.16 bits per heavy atom. The second-order valence-corrected chi connectivity index (χ2v) is 7.04. The molecule has 1 heterocycles. The highest BCUT2D eigenvalue weighted by Gasteiger charge is 2.52. The van der Waals surface area contributed by atoms with Crippen molar-refractivity contribution >= 4 is 11.8 Å². The highest BCUT2D eigenvalue weighted by molar-refractivity contribution is 5.92. The molecule has 1 aliphatic heterocycles. The minimum absolute atomic E-state index is 0.112. The van der Waals surface area contributed by atoms with Crippen LogP contribution in [0.1, 0.15) is 26.7 Å². The lowest BCUT2D eigenvalue weighted by Gasteiger charge is -2.41. The van der Waals surface area contributed by atoms with Crippen LogP contribution in [0, 0.1) is 11.3 Å². The third kappa shape index (κ3) is 4.16. The summed E-state index contributed by atoms with van der Waals surface area (Å²) in [5.41, 5.74) is -0.610. The first-order valence-electron chi connectivity index (χ1n) is 8.06. The van der Waals surface area contributed by atoms with Crippen molar-refractivity contribution in [2.24, 2.45) is 11.3 Å². The topological polar surface area (TPSA) is 58.6 Å². The summed E-state index contributed by atoms with van der Waals surface area (Å²) in [6.45, 7) is 5.59. The second-order valence-electron chi connectivity index (χ2n) is 7.04. The summed E-state index contributed by atoms with van der Waals surface area (Å²) in [6.07, 6.45) is -1.93. The van der Waals surface area contributed by atoms with E-state index in [4.69, 9.17) is 4.74 Å². The van der Waals surface area contributed by atoms with Gasteiger partial charge in [-0.2, -0.15) is 13.2 Å². The third-order valence-corrected chi connectivity index (χ3v) is 4.73. The van der Waals surface area contributed by atoms with Crippen molar-refractivity contribution in [3.63, 3.8) is 0 Å². The van der Waals surface area contributed by atoms with E-state index < -0.39 is 24.2 Å². The van der Waals surface area contributed by atoms with Gasteiger partial charge in [-0.1, -0.05) is 6.58 Å². The molecule has 1 N–H and O–H groups in total. The molecule has 1 saturated heterocycles. The van der Waals surface area contributed by atoms with Crippen LogP contribution in [-0.2, 0) is 14.3 Å². The zero-order valence-electron chi connectivity index (χ0n) is 14.6. The van der Waals surface area contributed by atoms with Crippen LogP contribution in [0.5, 0.6) is 0 Å². The number of piperidine rings is 1. The Morgan fingerprint density at radius 1 is 1.52 bits per heavy atom. The molecule has 0 aromatic heterocycles.